The molecule has 0 aliphatic carbocycles. The molecule has 0 aliphatic heterocycles. The number of aromatic nitrogens is 7. The molecule has 314 valence electrons. The zero-order valence-corrected chi connectivity index (χ0v) is 35.0. The molecule has 2 N–H and O–H groups in total. The van der Waals surface area contributed by atoms with Gasteiger partial charge in [-0.1, -0.05) is 92.7 Å². The van der Waals surface area contributed by atoms with Crippen LogP contribution in [0.15, 0.2) is 144 Å². The molecule has 3 aromatic heterocycles. The first-order chi connectivity index (χ1) is 30.1. The molecule has 0 radical (unpaired) electrons. The number of aryl methyl sites for hydroxylation is 2. The number of amides is 1. The van der Waals surface area contributed by atoms with E-state index in [2.05, 4.69) is 30.7 Å². The fourth-order valence-corrected chi connectivity index (χ4v) is 6.73. The second-order valence-electron chi connectivity index (χ2n) is 14.4. The van der Waals surface area contributed by atoms with E-state index in [4.69, 9.17) is 13.9 Å². The van der Waals surface area contributed by atoms with Crippen LogP contribution in [0.25, 0.3) is 11.4 Å². The van der Waals surface area contributed by atoms with Crippen molar-refractivity contribution in [1.82, 2.24) is 35.0 Å². The van der Waals surface area contributed by atoms with Crippen molar-refractivity contribution in [3.63, 3.8) is 0 Å². The molecule has 0 bridgehead atoms. The Morgan fingerprint density at radius 1 is 0.661 bits per heavy atom. The number of anilines is 1. The Kier molecular flexibility index (Phi) is 13.3. The number of nitrogens with one attached hydrogen (secondary N) is 1. The topological polar surface area (TPSA) is 172 Å². The second-order valence-corrected chi connectivity index (χ2v) is 14.4. The van der Waals surface area contributed by atoms with E-state index in [0.717, 1.165) is 39.8 Å². The molecule has 3 heterocycles. The number of oxazole rings is 1. The average Bonchev–Trinajstić information content (AvgIpc) is 4.04. The zero-order chi connectivity index (χ0) is 43.6. The van der Waals surface area contributed by atoms with E-state index in [-0.39, 0.29) is 23.4 Å². The van der Waals surface area contributed by atoms with E-state index in [1.807, 2.05) is 167 Å². The molecular formula is C48H46N8O6. The number of hydrogen-bond donors (Lipinski definition) is 2. The largest absolute Gasteiger partial charge is 0.497 e. The fraction of sp³-hybridized carbons (Fsp3) is 0.188. The number of hydrogen-bond acceptors (Lipinski definition) is 10. The summed E-state index contributed by atoms with van der Waals surface area (Å²) in [6, 6.07) is 43.4. The quantitative estimate of drug-likeness (QED) is 0.107. The van der Waals surface area contributed by atoms with E-state index < -0.39 is 5.97 Å². The van der Waals surface area contributed by atoms with Crippen molar-refractivity contribution < 1.29 is 28.6 Å². The maximum Gasteiger partial charge on any atom is 0.358 e. The molecule has 0 fully saturated rings. The molecule has 8 rings (SSSR count). The molecule has 1 amide bonds. The molecule has 2 unspecified atom stereocenters. The minimum Gasteiger partial charge on any atom is -0.497 e. The van der Waals surface area contributed by atoms with Crippen LogP contribution in [-0.2, 0) is 6.42 Å². The minimum atomic E-state index is -1.10. The Bertz CT molecular complexity index is 2710. The highest BCUT2D eigenvalue weighted by atomic mass is 16.5. The van der Waals surface area contributed by atoms with E-state index in [9.17, 15) is 14.7 Å². The van der Waals surface area contributed by atoms with E-state index >= 15 is 0 Å². The number of aromatic carboxylic acids is 1. The van der Waals surface area contributed by atoms with Gasteiger partial charge in [0.05, 0.1) is 30.8 Å². The van der Waals surface area contributed by atoms with Crippen LogP contribution in [0.5, 0.6) is 11.5 Å². The molecule has 0 spiro atoms. The summed E-state index contributed by atoms with van der Waals surface area (Å²) in [6.45, 7) is 8.13. The van der Waals surface area contributed by atoms with Gasteiger partial charge >= 0.3 is 5.97 Å². The van der Waals surface area contributed by atoms with E-state index in [1.54, 1.807) is 7.11 Å². The third kappa shape index (κ3) is 10.1. The van der Waals surface area contributed by atoms with Gasteiger partial charge < -0.3 is 24.3 Å². The van der Waals surface area contributed by atoms with Crippen molar-refractivity contribution in [3.8, 4) is 22.9 Å². The molecule has 0 saturated carbocycles. The van der Waals surface area contributed by atoms with Crippen molar-refractivity contribution >= 4 is 17.6 Å². The number of nitrogens with zero attached hydrogens (tertiary/aromatic N) is 7. The lowest BCUT2D eigenvalue weighted by Crippen LogP contribution is -2.16. The third-order valence-electron chi connectivity index (χ3n) is 10.1. The van der Waals surface area contributed by atoms with Crippen LogP contribution in [0.4, 0.5) is 5.69 Å². The summed E-state index contributed by atoms with van der Waals surface area (Å²) in [7, 11) is 1.63. The van der Waals surface area contributed by atoms with Crippen LogP contribution in [0.3, 0.4) is 0 Å². The van der Waals surface area contributed by atoms with Gasteiger partial charge in [-0.2, -0.15) is 19.8 Å². The molecule has 5 aromatic carbocycles. The smallest absolute Gasteiger partial charge is 0.358 e. The Balaban J connectivity index is 0.000000187. The number of rotatable bonds is 14. The van der Waals surface area contributed by atoms with Gasteiger partial charge in [-0.3, -0.25) is 4.79 Å². The van der Waals surface area contributed by atoms with Gasteiger partial charge in [0.15, 0.2) is 17.3 Å². The van der Waals surface area contributed by atoms with Crippen LogP contribution < -0.4 is 14.8 Å². The molecule has 2 atom stereocenters. The lowest BCUT2D eigenvalue weighted by molar-refractivity contribution is 0.0688. The van der Waals surface area contributed by atoms with Gasteiger partial charge in [-0.25, -0.2) is 9.78 Å². The molecule has 0 aliphatic rings. The Hall–Kier alpha value is -7.87. The van der Waals surface area contributed by atoms with Gasteiger partial charge in [0, 0.05) is 30.9 Å². The van der Waals surface area contributed by atoms with Crippen LogP contribution in [0.1, 0.15) is 86.5 Å². The monoisotopic (exact) mass is 830 g/mol. The summed E-state index contributed by atoms with van der Waals surface area (Å²) < 4.78 is 16.5. The normalized spacial score (nSPS) is 11.8. The number of carbonyl (C=O) groups is 2. The number of carboxylic acid groups (broad SMARTS) is 1. The third-order valence-corrected chi connectivity index (χ3v) is 10.1. The minimum absolute atomic E-state index is 0.0556. The molecule has 62 heavy (non-hydrogen) atoms. The average molecular weight is 831 g/mol. The summed E-state index contributed by atoms with van der Waals surface area (Å²) in [5.74, 6) is 1.18. The number of ether oxygens (including phenoxy) is 2. The predicted octanol–water partition coefficient (Wildman–Crippen LogP) is 9.02. The SMILES string of the molecule is COc1ccc(C(C)c2nn(-c3ccccc3)nc2C(=O)Nc2ccccc2)cc1.Cc1nc(CCOc2ccc(C(C)c3nn(-c4ccccc4)nc3C(=O)O)cc2)c(C)o1. The Morgan fingerprint density at radius 2 is 1.15 bits per heavy atom. The summed E-state index contributed by atoms with van der Waals surface area (Å²) in [4.78, 5) is 32.1. The van der Waals surface area contributed by atoms with E-state index in [0.29, 0.717) is 47.4 Å². The first kappa shape index (κ1) is 42.3. The van der Waals surface area contributed by atoms with Crippen molar-refractivity contribution in [2.45, 2.75) is 46.0 Å². The highest BCUT2D eigenvalue weighted by molar-refractivity contribution is 6.03. The van der Waals surface area contributed by atoms with Gasteiger partial charge in [-0.15, -0.1) is 10.2 Å². The summed E-state index contributed by atoms with van der Waals surface area (Å²) >= 11 is 0. The van der Waals surface area contributed by atoms with Crippen molar-refractivity contribution in [2.24, 2.45) is 0 Å². The summed E-state index contributed by atoms with van der Waals surface area (Å²) in [5, 5.41) is 30.4. The predicted molar refractivity (Wildman–Crippen MR) is 234 cm³/mol. The van der Waals surface area contributed by atoms with Crippen molar-refractivity contribution in [3.05, 3.63) is 191 Å². The summed E-state index contributed by atoms with van der Waals surface area (Å²) in [5.41, 5.74) is 6.30. The van der Waals surface area contributed by atoms with Gasteiger partial charge in [0.2, 0.25) is 0 Å². The van der Waals surface area contributed by atoms with Crippen molar-refractivity contribution in [2.75, 3.05) is 19.0 Å². The van der Waals surface area contributed by atoms with Gasteiger partial charge in [0.1, 0.15) is 28.6 Å². The maximum absolute atomic E-state index is 13.1. The van der Waals surface area contributed by atoms with Gasteiger partial charge in [-0.05, 0) is 78.7 Å². The molecule has 8 aromatic rings. The number of carbonyl (C=O) groups excluding carboxylic acids is 1. The van der Waals surface area contributed by atoms with Crippen LogP contribution in [-0.4, -0.2) is 65.7 Å². The lowest BCUT2D eigenvalue weighted by Gasteiger charge is -2.11. The first-order valence-electron chi connectivity index (χ1n) is 20.0. The van der Waals surface area contributed by atoms with Crippen LogP contribution in [0, 0.1) is 13.8 Å². The molecule has 14 heteroatoms. The molecule has 14 nitrogen and oxygen atoms in total. The number of methoxy groups -OCH3 is 1. The number of para-hydroxylation sites is 3. The highest BCUT2D eigenvalue weighted by Gasteiger charge is 2.26. The standard InChI is InChI=1S/C24H24N4O4.C24H22N4O2/c1-15(22-23(24(29)30)27-28(26-22)19-7-5-4-6-8-19)18-9-11-20(12-10-18)31-14-13-21-16(2)32-17(3)25-21;1-17(18-13-15-21(30-2)16-14-18)22-23(24(29)25-19-9-5-3-6-10-19)27-28(26-22)20-11-7-4-8-12-20/h4-12,15H,13-14H2,1-3H3,(H,29,30);3-17H,1-2H3,(H,25,29). The molecule has 0 saturated heterocycles. The number of carboxylic acids is 1. The maximum atomic E-state index is 13.1. The summed E-state index contributed by atoms with van der Waals surface area (Å²) in [6.07, 6.45) is 0.659. The van der Waals surface area contributed by atoms with E-state index in [1.165, 1.54) is 9.59 Å². The zero-order valence-electron chi connectivity index (χ0n) is 35.0. The van der Waals surface area contributed by atoms with Crippen LogP contribution in [0.2, 0.25) is 0 Å². The lowest BCUT2D eigenvalue weighted by atomic mass is 9.96. The van der Waals surface area contributed by atoms with Crippen molar-refractivity contribution in [1.29, 1.82) is 0 Å². The Labute approximate surface area is 358 Å². The fourth-order valence-electron chi connectivity index (χ4n) is 6.73. The molecular weight excluding hydrogens is 785 g/mol. The highest BCUT2D eigenvalue weighted by Crippen LogP contribution is 2.29. The van der Waals surface area contributed by atoms with Crippen LogP contribution >= 0.6 is 0 Å². The second kappa shape index (κ2) is 19.5. The van der Waals surface area contributed by atoms with Gasteiger partial charge in [0.25, 0.3) is 5.91 Å². The number of benzene rings is 5. The first-order valence-corrected chi connectivity index (χ1v) is 20.0. The Morgan fingerprint density at radius 3 is 1.63 bits per heavy atom.